The van der Waals surface area contributed by atoms with Gasteiger partial charge in [-0.1, -0.05) is 24.6 Å². The molecule has 1 aromatic heterocycles. The van der Waals surface area contributed by atoms with Gasteiger partial charge in [0.25, 0.3) is 5.91 Å². The SMILES string of the molecule is COc1c([C@H]2[C@H](C(=O)Nc3ccc(Cl)nc3C(C)=O)O[C@@](C)(C(F)(F)F)[C@H]2C)ccc(F)c1F. The predicted molar refractivity (Wildman–Crippen MR) is 112 cm³/mol. The smallest absolute Gasteiger partial charge is 0.417 e. The van der Waals surface area contributed by atoms with E-state index < -0.39 is 58.8 Å². The van der Waals surface area contributed by atoms with Crippen molar-refractivity contribution in [2.45, 2.75) is 44.6 Å². The standard InChI is InChI=1S/C22H20ClF5N2O4/c1-9-15(11-5-6-12(24)16(25)18(11)33-4)19(34-21(9,3)22(26,27)28)20(32)29-13-7-8-14(23)30-17(13)10(2)31/h5-9,15,19H,1-4H3,(H,29,32)/t9-,15-,19+,21+/m0/s1. The summed E-state index contributed by atoms with van der Waals surface area (Å²) in [7, 11) is 1.03. The van der Waals surface area contributed by atoms with E-state index in [-0.39, 0.29) is 22.1 Å². The van der Waals surface area contributed by atoms with Crippen molar-refractivity contribution in [2.75, 3.05) is 12.4 Å². The van der Waals surface area contributed by atoms with E-state index in [4.69, 9.17) is 21.1 Å². The molecule has 0 unspecified atom stereocenters. The zero-order valence-electron chi connectivity index (χ0n) is 18.4. The summed E-state index contributed by atoms with van der Waals surface area (Å²) in [6.45, 7) is 3.13. The normalized spacial score (nSPS) is 24.7. The topological polar surface area (TPSA) is 77.5 Å². The molecule has 3 rings (SSSR count). The summed E-state index contributed by atoms with van der Waals surface area (Å²) in [5.74, 6) is -7.74. The Morgan fingerprint density at radius 3 is 2.41 bits per heavy atom. The number of ether oxygens (including phenoxy) is 2. The van der Waals surface area contributed by atoms with E-state index >= 15 is 0 Å². The first-order valence-electron chi connectivity index (χ1n) is 9.97. The number of rotatable bonds is 5. The van der Waals surface area contributed by atoms with Crippen molar-refractivity contribution in [3.05, 3.63) is 52.3 Å². The summed E-state index contributed by atoms with van der Waals surface area (Å²) in [6, 6.07) is 4.32. The van der Waals surface area contributed by atoms with E-state index in [0.29, 0.717) is 0 Å². The number of benzene rings is 1. The number of carbonyl (C=O) groups excluding carboxylic acids is 2. The molecule has 1 amide bonds. The van der Waals surface area contributed by atoms with Crippen LogP contribution in [-0.2, 0) is 9.53 Å². The van der Waals surface area contributed by atoms with Crippen LogP contribution in [0, 0.1) is 17.6 Å². The average Bonchev–Trinajstić information content (AvgIpc) is 3.03. The van der Waals surface area contributed by atoms with Gasteiger partial charge in [-0.2, -0.15) is 17.6 Å². The molecule has 1 N–H and O–H groups in total. The van der Waals surface area contributed by atoms with Crippen molar-refractivity contribution in [3.63, 3.8) is 0 Å². The Hall–Kier alpha value is -2.79. The molecule has 0 radical (unpaired) electrons. The molecule has 34 heavy (non-hydrogen) atoms. The zero-order chi connectivity index (χ0) is 25.6. The number of nitrogens with zero attached hydrogens (tertiary/aromatic N) is 1. The van der Waals surface area contributed by atoms with E-state index in [9.17, 15) is 31.5 Å². The number of anilines is 1. The molecule has 6 nitrogen and oxygen atoms in total. The van der Waals surface area contributed by atoms with Gasteiger partial charge in [0.2, 0.25) is 5.82 Å². The first kappa shape index (κ1) is 25.8. The van der Waals surface area contributed by atoms with Crippen LogP contribution in [0.25, 0.3) is 0 Å². The van der Waals surface area contributed by atoms with Crippen LogP contribution >= 0.6 is 11.6 Å². The van der Waals surface area contributed by atoms with E-state index in [1.54, 1.807) is 0 Å². The summed E-state index contributed by atoms with van der Waals surface area (Å²) in [6.07, 6.45) is -6.71. The Balaban J connectivity index is 2.12. The fraction of sp³-hybridized carbons (Fsp3) is 0.409. The van der Waals surface area contributed by atoms with Gasteiger partial charge < -0.3 is 14.8 Å². The second-order valence-electron chi connectivity index (χ2n) is 8.02. The minimum atomic E-state index is -4.90. The molecule has 1 aliphatic heterocycles. The van der Waals surface area contributed by atoms with Crippen molar-refractivity contribution in [1.82, 2.24) is 4.98 Å². The highest BCUT2D eigenvalue weighted by atomic mass is 35.5. The van der Waals surface area contributed by atoms with Gasteiger partial charge in [0.15, 0.2) is 23.0 Å². The number of carbonyl (C=O) groups is 2. The number of pyridine rings is 1. The molecule has 0 saturated carbocycles. The average molecular weight is 507 g/mol. The molecule has 0 aliphatic carbocycles. The molecule has 1 aliphatic rings. The quantitative estimate of drug-likeness (QED) is 0.338. The van der Waals surface area contributed by atoms with Crippen LogP contribution in [0.5, 0.6) is 5.75 Å². The summed E-state index contributed by atoms with van der Waals surface area (Å²) in [5.41, 5.74) is -3.30. The molecule has 2 heterocycles. The molecule has 1 aromatic carbocycles. The van der Waals surface area contributed by atoms with Crippen LogP contribution in [0.3, 0.4) is 0 Å². The first-order valence-corrected chi connectivity index (χ1v) is 10.4. The number of amides is 1. The zero-order valence-corrected chi connectivity index (χ0v) is 19.1. The number of alkyl halides is 3. The first-order chi connectivity index (χ1) is 15.7. The monoisotopic (exact) mass is 506 g/mol. The molecule has 0 spiro atoms. The Morgan fingerprint density at radius 1 is 1.21 bits per heavy atom. The Kier molecular flexibility index (Phi) is 6.92. The molecule has 4 atom stereocenters. The highest BCUT2D eigenvalue weighted by Gasteiger charge is 2.66. The van der Waals surface area contributed by atoms with Gasteiger partial charge in [-0.05, 0) is 25.1 Å². The Bertz CT molecular complexity index is 1140. The second-order valence-corrected chi connectivity index (χ2v) is 8.40. The van der Waals surface area contributed by atoms with Gasteiger partial charge in [0, 0.05) is 24.3 Å². The Morgan fingerprint density at radius 2 is 1.85 bits per heavy atom. The maximum Gasteiger partial charge on any atom is 0.417 e. The van der Waals surface area contributed by atoms with E-state index in [1.807, 2.05) is 0 Å². The lowest BCUT2D eigenvalue weighted by Gasteiger charge is -2.32. The third kappa shape index (κ3) is 4.34. The maximum absolute atomic E-state index is 14.4. The van der Waals surface area contributed by atoms with Gasteiger partial charge in [-0.25, -0.2) is 9.37 Å². The van der Waals surface area contributed by atoms with Crippen molar-refractivity contribution < 1.29 is 41.0 Å². The van der Waals surface area contributed by atoms with E-state index in [0.717, 1.165) is 33.1 Å². The minimum Gasteiger partial charge on any atom is -0.493 e. The van der Waals surface area contributed by atoms with Gasteiger partial charge >= 0.3 is 6.18 Å². The second kappa shape index (κ2) is 9.10. The number of aromatic nitrogens is 1. The third-order valence-electron chi connectivity index (χ3n) is 6.02. The number of nitrogens with one attached hydrogen (secondary N) is 1. The lowest BCUT2D eigenvalue weighted by Crippen LogP contribution is -2.47. The van der Waals surface area contributed by atoms with Gasteiger partial charge in [0.05, 0.1) is 12.8 Å². The van der Waals surface area contributed by atoms with Crippen molar-refractivity contribution in [2.24, 2.45) is 5.92 Å². The lowest BCUT2D eigenvalue weighted by atomic mass is 9.77. The molecule has 1 saturated heterocycles. The maximum atomic E-state index is 14.4. The number of methoxy groups -OCH3 is 1. The summed E-state index contributed by atoms with van der Waals surface area (Å²) in [4.78, 5) is 28.9. The number of ketones is 1. The number of Topliss-reactive ketones (excluding diaryl/α,β-unsaturated/α-hetero) is 1. The van der Waals surface area contributed by atoms with E-state index in [2.05, 4.69) is 10.3 Å². The molecular formula is C22H20ClF5N2O4. The van der Waals surface area contributed by atoms with Crippen LogP contribution < -0.4 is 10.1 Å². The summed E-state index contributed by atoms with van der Waals surface area (Å²) < 4.78 is 80.4. The van der Waals surface area contributed by atoms with Crippen molar-refractivity contribution in [1.29, 1.82) is 0 Å². The summed E-state index contributed by atoms with van der Waals surface area (Å²) >= 11 is 5.79. The van der Waals surface area contributed by atoms with Gasteiger partial charge in [-0.3, -0.25) is 9.59 Å². The molecule has 1 fully saturated rings. The molecule has 12 heteroatoms. The highest BCUT2D eigenvalue weighted by Crippen LogP contribution is 2.55. The van der Waals surface area contributed by atoms with Crippen LogP contribution in [0.2, 0.25) is 5.15 Å². The predicted octanol–water partition coefficient (Wildman–Crippen LogP) is 5.30. The highest BCUT2D eigenvalue weighted by molar-refractivity contribution is 6.29. The minimum absolute atomic E-state index is 0.0389. The molecule has 2 aromatic rings. The van der Waals surface area contributed by atoms with Crippen LogP contribution in [-0.4, -0.2) is 41.7 Å². The van der Waals surface area contributed by atoms with E-state index in [1.165, 1.54) is 19.1 Å². The van der Waals surface area contributed by atoms with Crippen molar-refractivity contribution in [3.8, 4) is 5.75 Å². The number of hydrogen-bond acceptors (Lipinski definition) is 5. The van der Waals surface area contributed by atoms with Gasteiger partial charge in [-0.15, -0.1) is 0 Å². The van der Waals surface area contributed by atoms with Crippen LogP contribution in [0.15, 0.2) is 24.3 Å². The largest absolute Gasteiger partial charge is 0.493 e. The fourth-order valence-corrected chi connectivity index (χ4v) is 4.20. The Labute approximate surface area is 196 Å². The third-order valence-corrected chi connectivity index (χ3v) is 6.23. The molecular weight excluding hydrogens is 487 g/mol. The van der Waals surface area contributed by atoms with Crippen LogP contribution in [0.1, 0.15) is 42.7 Å². The number of halogens is 6. The molecule has 0 bridgehead atoms. The fourth-order valence-electron chi connectivity index (χ4n) is 4.05. The summed E-state index contributed by atoms with van der Waals surface area (Å²) in [5, 5.41) is 2.31. The van der Waals surface area contributed by atoms with Gasteiger partial charge in [0.1, 0.15) is 17.0 Å². The lowest BCUT2D eigenvalue weighted by molar-refractivity contribution is -0.272. The van der Waals surface area contributed by atoms with Crippen molar-refractivity contribution >= 4 is 29.0 Å². The molecule has 184 valence electrons. The van der Waals surface area contributed by atoms with Crippen LogP contribution in [0.4, 0.5) is 27.6 Å². The number of hydrogen-bond donors (Lipinski definition) is 1.